The SMILES string of the molecule is CC(C)(C)C[C@@H](N)c1ccccc1N. The van der Waals surface area contributed by atoms with Gasteiger partial charge < -0.3 is 11.5 Å². The molecular formula is C12H20N2. The van der Waals surface area contributed by atoms with E-state index in [1.807, 2.05) is 24.3 Å². The molecule has 2 heteroatoms. The van der Waals surface area contributed by atoms with E-state index in [9.17, 15) is 0 Å². The normalized spacial score (nSPS) is 14.0. The van der Waals surface area contributed by atoms with E-state index in [4.69, 9.17) is 11.5 Å². The lowest BCUT2D eigenvalue weighted by molar-refractivity contribution is 0.343. The zero-order chi connectivity index (χ0) is 10.8. The molecule has 0 bridgehead atoms. The predicted octanol–water partition coefficient (Wildman–Crippen LogP) is 2.70. The highest BCUT2D eigenvalue weighted by Crippen LogP contribution is 2.29. The summed E-state index contributed by atoms with van der Waals surface area (Å²) in [5.74, 6) is 0. The van der Waals surface area contributed by atoms with E-state index in [1.165, 1.54) is 0 Å². The average molecular weight is 192 g/mol. The van der Waals surface area contributed by atoms with E-state index in [-0.39, 0.29) is 11.5 Å². The zero-order valence-electron chi connectivity index (χ0n) is 9.25. The summed E-state index contributed by atoms with van der Waals surface area (Å²) in [6.07, 6.45) is 0.946. The molecule has 1 aromatic rings. The molecule has 0 fully saturated rings. The third-order valence-electron chi connectivity index (χ3n) is 2.23. The van der Waals surface area contributed by atoms with Crippen molar-refractivity contribution in [2.75, 3.05) is 5.73 Å². The smallest absolute Gasteiger partial charge is 0.0362 e. The van der Waals surface area contributed by atoms with Crippen LogP contribution >= 0.6 is 0 Å². The molecule has 0 aliphatic heterocycles. The first-order valence-corrected chi connectivity index (χ1v) is 5.00. The Morgan fingerprint density at radius 1 is 1.21 bits per heavy atom. The Morgan fingerprint density at radius 2 is 1.79 bits per heavy atom. The maximum absolute atomic E-state index is 6.10. The van der Waals surface area contributed by atoms with Gasteiger partial charge in [-0.1, -0.05) is 39.0 Å². The fraction of sp³-hybridized carbons (Fsp3) is 0.500. The minimum absolute atomic E-state index is 0.0381. The van der Waals surface area contributed by atoms with Crippen LogP contribution in [-0.2, 0) is 0 Å². The third kappa shape index (κ3) is 3.04. The molecule has 0 amide bonds. The molecule has 0 aromatic heterocycles. The van der Waals surface area contributed by atoms with Crippen LogP contribution in [0.25, 0.3) is 0 Å². The first kappa shape index (κ1) is 11.1. The highest BCUT2D eigenvalue weighted by atomic mass is 14.7. The predicted molar refractivity (Wildman–Crippen MR) is 61.9 cm³/mol. The Balaban J connectivity index is 2.80. The van der Waals surface area contributed by atoms with Crippen molar-refractivity contribution in [3.63, 3.8) is 0 Å². The van der Waals surface area contributed by atoms with E-state index in [0.29, 0.717) is 0 Å². The Bertz CT molecular complexity index is 299. The van der Waals surface area contributed by atoms with E-state index >= 15 is 0 Å². The molecule has 0 spiro atoms. The third-order valence-corrected chi connectivity index (χ3v) is 2.23. The molecule has 14 heavy (non-hydrogen) atoms. The Kier molecular flexibility index (Phi) is 3.17. The van der Waals surface area contributed by atoms with Crippen molar-refractivity contribution in [1.82, 2.24) is 0 Å². The molecule has 0 heterocycles. The zero-order valence-corrected chi connectivity index (χ0v) is 9.25. The molecule has 0 aliphatic rings. The summed E-state index contributed by atoms with van der Waals surface area (Å²) in [6.45, 7) is 6.56. The fourth-order valence-electron chi connectivity index (χ4n) is 1.62. The van der Waals surface area contributed by atoms with E-state index in [2.05, 4.69) is 20.8 Å². The minimum atomic E-state index is 0.0381. The number of para-hydroxylation sites is 1. The monoisotopic (exact) mass is 192 g/mol. The van der Waals surface area contributed by atoms with Gasteiger partial charge >= 0.3 is 0 Å². The van der Waals surface area contributed by atoms with Crippen LogP contribution in [0.2, 0.25) is 0 Å². The van der Waals surface area contributed by atoms with Crippen LogP contribution in [0.1, 0.15) is 38.8 Å². The summed E-state index contributed by atoms with van der Waals surface area (Å²) in [4.78, 5) is 0. The lowest BCUT2D eigenvalue weighted by Crippen LogP contribution is -2.19. The maximum Gasteiger partial charge on any atom is 0.0362 e. The lowest BCUT2D eigenvalue weighted by Gasteiger charge is -2.24. The summed E-state index contributed by atoms with van der Waals surface area (Å²) >= 11 is 0. The number of anilines is 1. The first-order chi connectivity index (χ1) is 6.40. The maximum atomic E-state index is 6.10. The molecule has 0 saturated carbocycles. The first-order valence-electron chi connectivity index (χ1n) is 5.00. The van der Waals surface area contributed by atoms with Crippen LogP contribution in [0.15, 0.2) is 24.3 Å². The van der Waals surface area contributed by atoms with Crippen LogP contribution in [0.5, 0.6) is 0 Å². The van der Waals surface area contributed by atoms with Crippen LogP contribution in [0.3, 0.4) is 0 Å². The van der Waals surface area contributed by atoms with Gasteiger partial charge in [0.25, 0.3) is 0 Å². The number of nitrogen functional groups attached to an aromatic ring is 1. The topological polar surface area (TPSA) is 52.0 Å². The molecule has 0 aliphatic carbocycles. The van der Waals surface area contributed by atoms with Crippen molar-refractivity contribution >= 4 is 5.69 Å². The summed E-state index contributed by atoms with van der Waals surface area (Å²) in [6, 6.07) is 7.86. The molecule has 2 nitrogen and oxygen atoms in total. The van der Waals surface area contributed by atoms with Gasteiger partial charge in [0.05, 0.1) is 0 Å². The molecular weight excluding hydrogens is 172 g/mol. The average Bonchev–Trinajstić information content (AvgIpc) is 2.01. The molecule has 0 unspecified atom stereocenters. The Morgan fingerprint density at radius 3 is 2.29 bits per heavy atom. The second-order valence-electron chi connectivity index (χ2n) is 5.00. The van der Waals surface area contributed by atoms with Crippen molar-refractivity contribution in [2.24, 2.45) is 11.1 Å². The van der Waals surface area contributed by atoms with Gasteiger partial charge in [0.1, 0.15) is 0 Å². The van der Waals surface area contributed by atoms with Crippen molar-refractivity contribution < 1.29 is 0 Å². The second kappa shape index (κ2) is 4.01. The Hall–Kier alpha value is -1.02. The molecule has 1 atom stereocenters. The number of nitrogens with two attached hydrogens (primary N) is 2. The van der Waals surface area contributed by atoms with Gasteiger partial charge in [-0.25, -0.2) is 0 Å². The molecule has 1 aromatic carbocycles. The number of rotatable bonds is 2. The van der Waals surface area contributed by atoms with Crippen molar-refractivity contribution in [3.05, 3.63) is 29.8 Å². The van der Waals surface area contributed by atoms with E-state index in [0.717, 1.165) is 17.7 Å². The molecule has 4 N–H and O–H groups in total. The molecule has 1 rings (SSSR count). The highest BCUT2D eigenvalue weighted by Gasteiger charge is 2.17. The molecule has 0 saturated heterocycles. The van der Waals surface area contributed by atoms with Crippen molar-refractivity contribution in [1.29, 1.82) is 0 Å². The quantitative estimate of drug-likeness (QED) is 0.708. The summed E-state index contributed by atoms with van der Waals surface area (Å²) in [5, 5.41) is 0. The molecule has 0 radical (unpaired) electrons. The van der Waals surface area contributed by atoms with Crippen LogP contribution in [0, 0.1) is 5.41 Å². The number of benzene rings is 1. The summed E-state index contributed by atoms with van der Waals surface area (Å²) in [5.41, 5.74) is 14.1. The standard InChI is InChI=1S/C12H20N2/c1-12(2,3)8-11(14)9-6-4-5-7-10(9)13/h4-7,11H,8,13-14H2,1-3H3/t11-/m1/s1. The van der Waals surface area contributed by atoms with Gasteiger partial charge in [-0.05, 0) is 23.5 Å². The fourth-order valence-corrected chi connectivity index (χ4v) is 1.62. The molecule has 78 valence electrons. The minimum Gasteiger partial charge on any atom is -0.398 e. The van der Waals surface area contributed by atoms with E-state index in [1.54, 1.807) is 0 Å². The van der Waals surface area contributed by atoms with Gasteiger partial charge in [-0.3, -0.25) is 0 Å². The Labute approximate surface area is 86.3 Å². The summed E-state index contributed by atoms with van der Waals surface area (Å²) in [7, 11) is 0. The van der Waals surface area contributed by atoms with Crippen LogP contribution in [-0.4, -0.2) is 0 Å². The lowest BCUT2D eigenvalue weighted by atomic mass is 9.85. The van der Waals surface area contributed by atoms with Gasteiger partial charge in [-0.2, -0.15) is 0 Å². The second-order valence-corrected chi connectivity index (χ2v) is 5.00. The van der Waals surface area contributed by atoms with Crippen molar-refractivity contribution in [3.8, 4) is 0 Å². The van der Waals surface area contributed by atoms with Crippen LogP contribution < -0.4 is 11.5 Å². The van der Waals surface area contributed by atoms with Crippen molar-refractivity contribution in [2.45, 2.75) is 33.2 Å². The highest BCUT2D eigenvalue weighted by molar-refractivity contribution is 5.48. The van der Waals surface area contributed by atoms with Crippen LogP contribution in [0.4, 0.5) is 5.69 Å². The van der Waals surface area contributed by atoms with E-state index < -0.39 is 0 Å². The van der Waals surface area contributed by atoms with Gasteiger partial charge in [0.2, 0.25) is 0 Å². The van der Waals surface area contributed by atoms with Gasteiger partial charge in [-0.15, -0.1) is 0 Å². The van der Waals surface area contributed by atoms with Gasteiger partial charge in [0, 0.05) is 11.7 Å². The number of hydrogen-bond acceptors (Lipinski definition) is 2. The van der Waals surface area contributed by atoms with Gasteiger partial charge in [0.15, 0.2) is 0 Å². The largest absolute Gasteiger partial charge is 0.398 e. The number of hydrogen-bond donors (Lipinski definition) is 2. The summed E-state index contributed by atoms with van der Waals surface area (Å²) < 4.78 is 0.